The van der Waals surface area contributed by atoms with Gasteiger partial charge in [0.05, 0.1) is 25.1 Å². The second kappa shape index (κ2) is 23.5. The van der Waals surface area contributed by atoms with Crippen LogP contribution in [0.2, 0.25) is 0 Å². The summed E-state index contributed by atoms with van der Waals surface area (Å²) in [6.07, 6.45) is 6.18. The molecule has 3 N–H and O–H groups in total. The van der Waals surface area contributed by atoms with E-state index in [0.717, 1.165) is 11.3 Å². The van der Waals surface area contributed by atoms with Crippen LogP contribution in [0.4, 0.5) is 17.2 Å². The van der Waals surface area contributed by atoms with Crippen molar-refractivity contribution in [2.45, 2.75) is 63.9 Å². The first-order valence-corrected chi connectivity index (χ1v) is 19.8. The number of benzene rings is 2. The van der Waals surface area contributed by atoms with Crippen LogP contribution in [0, 0.1) is 12.3 Å². The Balaban J connectivity index is 0.000000279. The summed E-state index contributed by atoms with van der Waals surface area (Å²) in [6, 6.07) is 21.8. The van der Waals surface area contributed by atoms with Gasteiger partial charge in [0.15, 0.2) is 11.0 Å². The van der Waals surface area contributed by atoms with Gasteiger partial charge in [0.1, 0.15) is 17.1 Å². The number of hydrogen-bond donors (Lipinski definition) is 3. The molecule has 0 aliphatic heterocycles. The number of thioether (sulfide) groups is 1. The molecular formula is C41H44BrKN9O7S-. The van der Waals surface area contributed by atoms with E-state index in [-0.39, 0.29) is 110 Å². The zero-order valence-corrected chi connectivity index (χ0v) is 40.5. The van der Waals surface area contributed by atoms with Gasteiger partial charge in [-0.05, 0) is 51.1 Å². The molecule has 60 heavy (non-hydrogen) atoms. The Hall–Kier alpha value is -4.50. The standard InChI is InChI=1S/C21H22BrN5O3S.C13H12N3O3.C7H10NO.K/c1-21(2,3)15-10-16(27-30-15)25-17(28)9-12-5-7-13(8-6-12)24-19(29)18-14(22)11-23-20(26-18)31-4;1-18-11-8-10(15-13(16-11)19-2)12(17)14-9-6-4-3-5-7-9;1-7(2,3)6-4-5-8-9-6;/h5-8,10-11H,9H2,1-4H3,(H,24,29)(H,25,27,28);4-8H,1-2H3,(H,14,17);4H,1-3H3;/q;2*-1;+1. The number of halogens is 1. The van der Waals surface area contributed by atoms with Crippen LogP contribution in [0.5, 0.6) is 11.9 Å². The molecule has 0 aliphatic carbocycles. The number of ether oxygens (including phenoxy) is 2. The zero-order chi connectivity index (χ0) is 43.2. The minimum atomic E-state index is -0.370. The Morgan fingerprint density at radius 3 is 2.02 bits per heavy atom. The number of rotatable bonds is 10. The van der Waals surface area contributed by atoms with Crippen LogP contribution >= 0.6 is 27.7 Å². The smallest absolute Gasteiger partial charge is 0.481 e. The maximum absolute atomic E-state index is 12.5. The van der Waals surface area contributed by atoms with Crippen LogP contribution in [-0.2, 0) is 22.0 Å². The SMILES string of the molecule is CC(C)(C)c1c[c-]no1.COc1cc(C(=O)Nc2cc[c-]cc2)nc(OC)n1.CSc1ncc(Br)c(C(=O)Nc2ccc(CC(=O)Nc3cc(C(C)(C)C)on3)cc2)n1.[K+]. The number of anilines is 3. The van der Waals surface area contributed by atoms with Crippen molar-refractivity contribution < 1.29 is 84.3 Å². The van der Waals surface area contributed by atoms with Crippen molar-refractivity contribution in [1.82, 2.24) is 30.2 Å². The van der Waals surface area contributed by atoms with Gasteiger partial charge in [0.2, 0.25) is 11.8 Å². The fourth-order valence-corrected chi connectivity index (χ4v) is 5.20. The topological polar surface area (TPSA) is 209 Å². The van der Waals surface area contributed by atoms with Gasteiger partial charge in [-0.3, -0.25) is 14.4 Å². The van der Waals surface area contributed by atoms with E-state index in [9.17, 15) is 14.4 Å². The van der Waals surface area contributed by atoms with Gasteiger partial charge in [0.25, 0.3) is 11.8 Å². The van der Waals surface area contributed by atoms with Gasteiger partial charge in [-0.1, -0.05) is 76.3 Å². The quantitative estimate of drug-likeness (QED) is 0.0715. The van der Waals surface area contributed by atoms with Crippen LogP contribution in [0.3, 0.4) is 0 Å². The molecule has 0 radical (unpaired) electrons. The minimum absolute atomic E-state index is 0. The predicted octanol–water partition coefficient (Wildman–Crippen LogP) is 5.00. The molecule has 2 aromatic carbocycles. The molecule has 16 nitrogen and oxygen atoms in total. The van der Waals surface area contributed by atoms with Crippen molar-refractivity contribution in [2.24, 2.45) is 0 Å². The normalized spacial score (nSPS) is 10.7. The number of hydrogen-bond acceptors (Lipinski definition) is 14. The summed E-state index contributed by atoms with van der Waals surface area (Å²) in [6.45, 7) is 12.2. The average Bonchev–Trinajstić information content (AvgIpc) is 3.94. The molecule has 0 saturated carbocycles. The molecule has 0 unspecified atom stereocenters. The molecule has 6 aromatic rings. The first kappa shape index (κ1) is 49.9. The van der Waals surface area contributed by atoms with Crippen molar-refractivity contribution >= 4 is 62.6 Å². The number of amides is 3. The Kier molecular flexibility index (Phi) is 19.5. The summed E-state index contributed by atoms with van der Waals surface area (Å²) >= 11 is 4.65. The van der Waals surface area contributed by atoms with E-state index in [1.54, 1.807) is 66.9 Å². The van der Waals surface area contributed by atoms with E-state index in [0.29, 0.717) is 32.6 Å². The zero-order valence-electron chi connectivity index (χ0n) is 35.0. The maximum atomic E-state index is 12.5. The molecule has 0 spiro atoms. The van der Waals surface area contributed by atoms with Gasteiger partial charge in [0, 0.05) is 29.4 Å². The van der Waals surface area contributed by atoms with Crippen molar-refractivity contribution in [2.75, 3.05) is 36.4 Å². The molecule has 0 bridgehead atoms. The van der Waals surface area contributed by atoms with Crippen LogP contribution in [-0.4, -0.2) is 68.4 Å². The fraction of sp³-hybridized carbons (Fsp3) is 0.293. The molecule has 3 amide bonds. The molecule has 4 heterocycles. The van der Waals surface area contributed by atoms with Gasteiger partial charge >= 0.3 is 57.4 Å². The molecular weight excluding hydrogens is 882 g/mol. The number of aromatic nitrogens is 6. The fourth-order valence-electron chi connectivity index (χ4n) is 4.49. The predicted molar refractivity (Wildman–Crippen MR) is 226 cm³/mol. The van der Waals surface area contributed by atoms with Gasteiger partial charge in [-0.15, -0.1) is 18.3 Å². The maximum Gasteiger partial charge on any atom is 1.00 e. The average molecular weight is 926 g/mol. The van der Waals surface area contributed by atoms with Crippen molar-refractivity contribution in [3.8, 4) is 11.9 Å². The molecule has 19 heteroatoms. The Labute approximate surface area is 403 Å². The first-order chi connectivity index (χ1) is 28.0. The Morgan fingerprint density at radius 2 is 1.47 bits per heavy atom. The minimum Gasteiger partial charge on any atom is -0.481 e. The largest absolute Gasteiger partial charge is 1.00 e. The first-order valence-electron chi connectivity index (χ1n) is 17.8. The van der Waals surface area contributed by atoms with E-state index in [1.807, 2.05) is 27.0 Å². The summed E-state index contributed by atoms with van der Waals surface area (Å²) in [5.74, 6) is 1.30. The molecule has 0 saturated heterocycles. The number of nitrogens with zero attached hydrogens (tertiary/aromatic N) is 6. The Morgan fingerprint density at radius 1 is 0.817 bits per heavy atom. The molecule has 6 rings (SSSR count). The van der Waals surface area contributed by atoms with Gasteiger partial charge < -0.3 is 34.5 Å². The van der Waals surface area contributed by atoms with Crippen LogP contribution < -0.4 is 76.8 Å². The van der Waals surface area contributed by atoms with E-state index in [2.05, 4.69) is 95.2 Å². The third kappa shape index (κ3) is 15.8. The molecule has 0 fully saturated rings. The number of carbonyl (C=O) groups excluding carboxylic acids is 3. The third-order valence-corrected chi connectivity index (χ3v) is 8.77. The van der Waals surface area contributed by atoms with Crippen LogP contribution in [0.1, 0.15) is 79.6 Å². The summed E-state index contributed by atoms with van der Waals surface area (Å²) in [4.78, 5) is 53.1. The molecule has 310 valence electrons. The monoisotopic (exact) mass is 924 g/mol. The molecule has 4 aromatic heterocycles. The molecule has 0 aliphatic rings. The Bertz CT molecular complexity index is 2280. The van der Waals surface area contributed by atoms with Crippen molar-refractivity contribution in [3.05, 3.63) is 118 Å². The number of nitrogens with one attached hydrogen (secondary N) is 3. The van der Waals surface area contributed by atoms with Crippen LogP contribution in [0.25, 0.3) is 0 Å². The van der Waals surface area contributed by atoms with Gasteiger partial charge in [-0.2, -0.15) is 34.2 Å². The summed E-state index contributed by atoms with van der Waals surface area (Å²) < 4.78 is 20.6. The number of methoxy groups -OCH3 is 2. The second-order valence-electron chi connectivity index (χ2n) is 14.4. The molecule has 0 atom stereocenters. The van der Waals surface area contributed by atoms with E-state index in [1.165, 1.54) is 32.0 Å². The van der Waals surface area contributed by atoms with Crippen molar-refractivity contribution in [3.63, 3.8) is 0 Å². The van der Waals surface area contributed by atoms with E-state index < -0.39 is 0 Å². The second-order valence-corrected chi connectivity index (χ2v) is 16.0. The summed E-state index contributed by atoms with van der Waals surface area (Å²) in [5.41, 5.74) is 2.34. The van der Waals surface area contributed by atoms with E-state index in [4.69, 9.17) is 18.5 Å². The summed E-state index contributed by atoms with van der Waals surface area (Å²) in [7, 11) is 2.87. The number of carbonyl (C=O) groups is 3. The third-order valence-electron chi connectivity index (χ3n) is 7.63. The van der Waals surface area contributed by atoms with Crippen molar-refractivity contribution in [1.29, 1.82) is 0 Å². The van der Waals surface area contributed by atoms with Gasteiger partial charge in [-0.25, -0.2) is 15.1 Å². The van der Waals surface area contributed by atoms with E-state index >= 15 is 0 Å². The summed E-state index contributed by atoms with van der Waals surface area (Å²) in [5, 5.41) is 16.1. The van der Waals surface area contributed by atoms with Crippen LogP contribution in [0.15, 0.2) is 91.6 Å².